The predicted octanol–water partition coefficient (Wildman–Crippen LogP) is 4.42. The number of halogens is 2. The highest BCUT2D eigenvalue weighted by molar-refractivity contribution is 5.67. The number of hydrogen-bond donors (Lipinski definition) is 1. The Labute approximate surface area is 217 Å². The summed E-state index contributed by atoms with van der Waals surface area (Å²) >= 11 is 0. The summed E-state index contributed by atoms with van der Waals surface area (Å²) in [6, 6.07) is -0.226. The first-order chi connectivity index (χ1) is 17.8. The standard InChI is InChI=1S/C27H39F2N5O3/c1-3-22(28)6-7-23(29)12-21-15-34(16-25(21)30)26-31-13-24(14-32-26)37-18(2)20-8-10-33(11-9-20)27(35)36-17-19-4-5-19/h3,7,13-14,18-22,25H,1,4-6,8-12,15-17,30H2,2H3/b23-7+/t18-,21-,22?,25-/m0/s1. The van der Waals surface area contributed by atoms with Crippen molar-refractivity contribution in [3.8, 4) is 5.75 Å². The first-order valence-corrected chi connectivity index (χ1v) is 13.3. The number of rotatable bonds is 11. The molecule has 2 saturated heterocycles. The molecule has 1 aromatic heterocycles. The zero-order chi connectivity index (χ0) is 26.4. The molecule has 204 valence electrons. The maximum absolute atomic E-state index is 14.2. The van der Waals surface area contributed by atoms with Crippen LogP contribution in [0.1, 0.15) is 45.4 Å². The first kappa shape index (κ1) is 27.3. The number of aromatic nitrogens is 2. The lowest BCUT2D eigenvalue weighted by molar-refractivity contribution is 0.0616. The Bertz CT molecular complexity index is 934. The summed E-state index contributed by atoms with van der Waals surface area (Å²) < 4.78 is 39.0. The number of anilines is 1. The van der Waals surface area contributed by atoms with Gasteiger partial charge >= 0.3 is 6.09 Å². The Hall–Kier alpha value is -2.75. The highest BCUT2D eigenvalue weighted by atomic mass is 19.1. The van der Waals surface area contributed by atoms with Crippen LogP contribution >= 0.6 is 0 Å². The summed E-state index contributed by atoms with van der Waals surface area (Å²) in [5.74, 6) is 1.54. The van der Waals surface area contributed by atoms with Crippen LogP contribution < -0.4 is 15.4 Å². The van der Waals surface area contributed by atoms with Crippen molar-refractivity contribution in [1.82, 2.24) is 14.9 Å². The Balaban J connectivity index is 1.21. The smallest absolute Gasteiger partial charge is 0.409 e. The second-order valence-electron chi connectivity index (χ2n) is 10.6. The summed E-state index contributed by atoms with van der Waals surface area (Å²) in [4.78, 5) is 24.8. The van der Waals surface area contributed by atoms with Gasteiger partial charge in [0, 0.05) is 45.1 Å². The van der Waals surface area contributed by atoms with Crippen LogP contribution in [0, 0.1) is 17.8 Å². The third kappa shape index (κ3) is 7.87. The minimum atomic E-state index is -1.25. The van der Waals surface area contributed by atoms with Gasteiger partial charge in [0.1, 0.15) is 6.17 Å². The van der Waals surface area contributed by atoms with Gasteiger partial charge in [0.15, 0.2) is 5.75 Å². The zero-order valence-corrected chi connectivity index (χ0v) is 21.6. The number of nitrogens with two attached hydrogens (primary N) is 1. The van der Waals surface area contributed by atoms with Crippen molar-refractivity contribution in [1.29, 1.82) is 0 Å². The van der Waals surface area contributed by atoms with Gasteiger partial charge in [0.25, 0.3) is 0 Å². The first-order valence-electron chi connectivity index (χ1n) is 13.3. The van der Waals surface area contributed by atoms with Crippen LogP contribution in [0.3, 0.4) is 0 Å². The molecule has 37 heavy (non-hydrogen) atoms. The summed E-state index contributed by atoms with van der Waals surface area (Å²) in [5.41, 5.74) is 6.24. The summed E-state index contributed by atoms with van der Waals surface area (Å²) in [5, 5.41) is 0. The van der Waals surface area contributed by atoms with Gasteiger partial charge in [-0.15, -0.1) is 6.58 Å². The summed E-state index contributed by atoms with van der Waals surface area (Å²) in [6.07, 6.45) is 8.45. The molecular weight excluding hydrogens is 480 g/mol. The molecule has 3 heterocycles. The lowest BCUT2D eigenvalue weighted by Crippen LogP contribution is -2.42. The summed E-state index contributed by atoms with van der Waals surface area (Å²) in [6.45, 7) is 8.35. The molecule has 1 amide bonds. The molecule has 3 fully saturated rings. The van der Waals surface area contributed by atoms with Gasteiger partial charge in [-0.05, 0) is 56.4 Å². The molecule has 2 aliphatic heterocycles. The van der Waals surface area contributed by atoms with E-state index in [4.69, 9.17) is 15.2 Å². The SMILES string of the molecule is C=CC(F)C/C=C(/F)C[C@H]1CN(c2ncc(O[C@@H](C)C3CCN(C(=O)OCC4CC4)CC3)cn2)C[C@@H]1N. The van der Waals surface area contributed by atoms with E-state index >= 15 is 0 Å². The number of alkyl halides is 1. The van der Waals surface area contributed by atoms with E-state index in [-0.39, 0.29) is 42.8 Å². The highest BCUT2D eigenvalue weighted by Gasteiger charge is 2.33. The van der Waals surface area contributed by atoms with Crippen molar-refractivity contribution >= 4 is 12.0 Å². The average Bonchev–Trinajstić information content (AvgIpc) is 3.68. The molecule has 1 aromatic rings. The topological polar surface area (TPSA) is 93.8 Å². The normalized spacial score (nSPS) is 24.6. The average molecular weight is 520 g/mol. The van der Waals surface area contributed by atoms with E-state index in [9.17, 15) is 13.6 Å². The van der Waals surface area contributed by atoms with Gasteiger partial charge in [-0.25, -0.2) is 23.5 Å². The molecule has 10 heteroatoms. The number of hydrogen-bond acceptors (Lipinski definition) is 7. The van der Waals surface area contributed by atoms with Crippen molar-refractivity contribution in [2.45, 2.75) is 63.8 Å². The van der Waals surface area contributed by atoms with Gasteiger partial charge in [-0.1, -0.05) is 6.08 Å². The van der Waals surface area contributed by atoms with E-state index in [0.717, 1.165) is 31.8 Å². The van der Waals surface area contributed by atoms with E-state index in [2.05, 4.69) is 16.5 Å². The molecule has 8 nitrogen and oxygen atoms in total. The summed E-state index contributed by atoms with van der Waals surface area (Å²) in [7, 11) is 0. The molecular formula is C27H39F2N5O3. The molecule has 0 bridgehead atoms. The fraction of sp³-hybridized carbons (Fsp3) is 0.667. The van der Waals surface area contributed by atoms with Gasteiger partial charge in [0.05, 0.1) is 30.9 Å². The second kappa shape index (κ2) is 12.7. The second-order valence-corrected chi connectivity index (χ2v) is 10.6. The molecule has 4 rings (SSSR count). The van der Waals surface area contributed by atoms with E-state index in [1.54, 1.807) is 17.3 Å². The maximum atomic E-state index is 14.2. The van der Waals surface area contributed by atoms with Crippen LogP contribution in [-0.4, -0.2) is 72.1 Å². The largest absolute Gasteiger partial charge is 0.487 e. The number of nitrogens with zero attached hydrogens (tertiary/aromatic N) is 4. The maximum Gasteiger partial charge on any atom is 0.409 e. The Morgan fingerprint density at radius 1 is 1.24 bits per heavy atom. The molecule has 1 saturated carbocycles. The molecule has 0 spiro atoms. The number of likely N-dealkylation sites (tertiary alicyclic amines) is 1. The van der Waals surface area contributed by atoms with Gasteiger partial charge < -0.3 is 25.0 Å². The third-order valence-electron chi connectivity index (χ3n) is 7.59. The van der Waals surface area contributed by atoms with Crippen LogP contribution in [0.5, 0.6) is 5.75 Å². The number of carbonyl (C=O) groups excluding carboxylic acids is 1. The lowest BCUT2D eigenvalue weighted by atomic mass is 9.92. The Morgan fingerprint density at radius 3 is 2.59 bits per heavy atom. The van der Waals surface area contributed by atoms with Gasteiger partial charge in [0.2, 0.25) is 5.95 Å². The molecule has 0 aromatic carbocycles. The van der Waals surface area contributed by atoms with Crippen molar-refractivity contribution in [3.05, 3.63) is 37.0 Å². The van der Waals surface area contributed by atoms with Crippen LogP contribution in [0.25, 0.3) is 0 Å². The zero-order valence-electron chi connectivity index (χ0n) is 21.6. The molecule has 2 N–H and O–H groups in total. The van der Waals surface area contributed by atoms with Gasteiger partial charge in [-0.3, -0.25) is 0 Å². The van der Waals surface area contributed by atoms with Crippen molar-refractivity contribution in [3.63, 3.8) is 0 Å². The fourth-order valence-corrected chi connectivity index (χ4v) is 4.91. The fourth-order valence-electron chi connectivity index (χ4n) is 4.91. The Morgan fingerprint density at radius 2 is 1.95 bits per heavy atom. The molecule has 4 atom stereocenters. The van der Waals surface area contributed by atoms with E-state index in [0.29, 0.717) is 56.3 Å². The van der Waals surface area contributed by atoms with E-state index < -0.39 is 6.17 Å². The molecule has 1 aliphatic carbocycles. The predicted molar refractivity (Wildman–Crippen MR) is 138 cm³/mol. The number of ether oxygens (including phenoxy) is 2. The number of carbonyl (C=O) groups is 1. The minimum absolute atomic E-state index is 0.0178. The number of amides is 1. The van der Waals surface area contributed by atoms with Crippen LogP contribution in [0.2, 0.25) is 0 Å². The van der Waals surface area contributed by atoms with Crippen molar-refractivity contribution < 1.29 is 23.0 Å². The highest BCUT2D eigenvalue weighted by Crippen LogP contribution is 2.30. The number of allylic oxidation sites excluding steroid dienone is 3. The molecule has 0 radical (unpaired) electrons. The lowest BCUT2D eigenvalue weighted by Gasteiger charge is -2.34. The van der Waals surface area contributed by atoms with Gasteiger partial charge in [-0.2, -0.15) is 0 Å². The van der Waals surface area contributed by atoms with Crippen molar-refractivity contribution in [2.75, 3.05) is 37.7 Å². The van der Waals surface area contributed by atoms with Crippen LogP contribution in [-0.2, 0) is 4.74 Å². The monoisotopic (exact) mass is 519 g/mol. The quantitative estimate of drug-likeness (QED) is 0.433. The molecule has 3 aliphatic rings. The minimum Gasteiger partial charge on any atom is -0.487 e. The van der Waals surface area contributed by atoms with Crippen molar-refractivity contribution in [2.24, 2.45) is 23.5 Å². The molecule has 1 unspecified atom stereocenters. The van der Waals surface area contributed by atoms with E-state index in [1.165, 1.54) is 6.08 Å². The third-order valence-corrected chi connectivity index (χ3v) is 7.59. The number of piperidine rings is 1. The van der Waals surface area contributed by atoms with E-state index in [1.807, 2.05) is 11.8 Å². The van der Waals surface area contributed by atoms with Crippen LogP contribution in [0.15, 0.2) is 37.0 Å². The Kier molecular flexibility index (Phi) is 9.34. The van der Waals surface area contributed by atoms with Crippen LogP contribution in [0.4, 0.5) is 19.5 Å².